The van der Waals surface area contributed by atoms with Gasteiger partial charge in [-0.2, -0.15) is 0 Å². The molecule has 0 aromatic heterocycles. The first-order chi connectivity index (χ1) is 7.50. The fourth-order valence-electron chi connectivity index (χ4n) is 1.58. The molecule has 0 spiro atoms. The summed E-state index contributed by atoms with van der Waals surface area (Å²) in [5.41, 5.74) is 2.51. The normalized spacial score (nSPS) is 14.2. The molecule has 16 heavy (non-hydrogen) atoms. The van der Waals surface area contributed by atoms with Crippen LogP contribution < -0.4 is 5.32 Å². The van der Waals surface area contributed by atoms with E-state index < -0.39 is 5.38 Å². The minimum absolute atomic E-state index is 0.106. The average Bonchev–Trinajstić information content (AvgIpc) is 2.21. The molecule has 0 saturated carbocycles. The van der Waals surface area contributed by atoms with Crippen molar-refractivity contribution in [1.82, 2.24) is 5.32 Å². The van der Waals surface area contributed by atoms with Gasteiger partial charge >= 0.3 is 0 Å². The second kappa shape index (κ2) is 5.90. The number of hydrogen-bond acceptors (Lipinski definition) is 1. The zero-order valence-electron chi connectivity index (χ0n) is 9.96. The van der Waals surface area contributed by atoms with Crippen molar-refractivity contribution in [3.05, 3.63) is 35.4 Å². The van der Waals surface area contributed by atoms with Crippen molar-refractivity contribution >= 4 is 17.5 Å². The summed E-state index contributed by atoms with van der Waals surface area (Å²) in [6.45, 7) is 5.75. The Morgan fingerprint density at radius 3 is 2.56 bits per heavy atom. The van der Waals surface area contributed by atoms with Crippen LogP contribution in [0.15, 0.2) is 24.3 Å². The van der Waals surface area contributed by atoms with E-state index in [0.29, 0.717) is 0 Å². The largest absolute Gasteiger partial charge is 0.352 e. The van der Waals surface area contributed by atoms with Crippen LogP contribution in [0.1, 0.15) is 25.0 Å². The molecular weight excluding hydrogens is 222 g/mol. The number of carbonyl (C=O) groups is 1. The highest BCUT2D eigenvalue weighted by molar-refractivity contribution is 6.30. The lowest BCUT2D eigenvalue weighted by molar-refractivity contribution is -0.121. The van der Waals surface area contributed by atoms with E-state index in [4.69, 9.17) is 11.6 Å². The summed E-state index contributed by atoms with van der Waals surface area (Å²) in [5, 5.41) is 2.41. The summed E-state index contributed by atoms with van der Waals surface area (Å²) in [7, 11) is 0. The zero-order valence-corrected chi connectivity index (χ0v) is 10.7. The fraction of sp³-hybridized carbons (Fsp3) is 0.462. The first-order valence-corrected chi connectivity index (χ1v) is 5.93. The second-order valence-corrected chi connectivity index (χ2v) is 4.81. The lowest BCUT2D eigenvalue weighted by Gasteiger charge is -2.16. The summed E-state index contributed by atoms with van der Waals surface area (Å²) in [4.78, 5) is 11.4. The van der Waals surface area contributed by atoms with E-state index in [9.17, 15) is 4.79 Å². The van der Waals surface area contributed by atoms with Gasteiger partial charge in [0.2, 0.25) is 5.91 Å². The highest BCUT2D eigenvalue weighted by atomic mass is 35.5. The van der Waals surface area contributed by atoms with Crippen LogP contribution in [-0.4, -0.2) is 17.3 Å². The molecule has 1 N–H and O–H groups in total. The number of carbonyl (C=O) groups excluding carboxylic acids is 1. The van der Waals surface area contributed by atoms with E-state index in [1.165, 1.54) is 11.1 Å². The van der Waals surface area contributed by atoms with Crippen molar-refractivity contribution in [3.63, 3.8) is 0 Å². The standard InChI is InChI=1S/C13H18ClNO/c1-9-6-4-5-7-12(9)8-10(2)15-13(16)11(3)14/h4-7,10-11H,8H2,1-3H3,(H,15,16). The molecule has 0 radical (unpaired) electrons. The molecule has 3 heteroatoms. The Labute approximate surface area is 102 Å². The van der Waals surface area contributed by atoms with Crippen LogP contribution in [0.2, 0.25) is 0 Å². The third-order valence-electron chi connectivity index (χ3n) is 2.54. The summed E-state index contributed by atoms with van der Waals surface area (Å²) >= 11 is 5.69. The smallest absolute Gasteiger partial charge is 0.237 e. The van der Waals surface area contributed by atoms with Crippen molar-refractivity contribution < 1.29 is 4.79 Å². The topological polar surface area (TPSA) is 29.1 Å². The number of aryl methyl sites for hydroxylation is 1. The number of hydrogen-bond donors (Lipinski definition) is 1. The number of benzene rings is 1. The molecule has 0 aliphatic heterocycles. The minimum Gasteiger partial charge on any atom is -0.352 e. The molecule has 0 aliphatic rings. The maximum absolute atomic E-state index is 11.4. The molecular formula is C13H18ClNO. The third-order valence-corrected chi connectivity index (χ3v) is 2.74. The Hall–Kier alpha value is -1.02. The molecule has 0 bridgehead atoms. The Balaban J connectivity index is 2.55. The summed E-state index contributed by atoms with van der Waals surface area (Å²) in [6.07, 6.45) is 0.835. The molecule has 2 atom stereocenters. The van der Waals surface area contributed by atoms with Crippen LogP contribution in [0.3, 0.4) is 0 Å². The van der Waals surface area contributed by atoms with Gasteiger partial charge in [0.25, 0.3) is 0 Å². The first kappa shape index (κ1) is 13.0. The second-order valence-electron chi connectivity index (χ2n) is 4.16. The Bertz CT molecular complexity index is 363. The van der Waals surface area contributed by atoms with Crippen LogP contribution in [0.4, 0.5) is 0 Å². The average molecular weight is 240 g/mol. The number of halogens is 1. The van der Waals surface area contributed by atoms with Crippen LogP contribution in [0.5, 0.6) is 0 Å². The predicted molar refractivity (Wildman–Crippen MR) is 67.8 cm³/mol. The van der Waals surface area contributed by atoms with E-state index in [0.717, 1.165) is 6.42 Å². The fourth-order valence-corrected chi connectivity index (χ4v) is 1.64. The monoisotopic (exact) mass is 239 g/mol. The highest BCUT2D eigenvalue weighted by Gasteiger charge is 2.13. The van der Waals surface area contributed by atoms with Gasteiger partial charge in [0.1, 0.15) is 5.38 Å². The van der Waals surface area contributed by atoms with Crippen LogP contribution >= 0.6 is 11.6 Å². The first-order valence-electron chi connectivity index (χ1n) is 5.49. The van der Waals surface area contributed by atoms with Crippen molar-refractivity contribution in [3.8, 4) is 0 Å². The summed E-state index contributed by atoms with van der Waals surface area (Å²) in [6, 6.07) is 8.30. The molecule has 1 aromatic rings. The lowest BCUT2D eigenvalue weighted by Crippen LogP contribution is -2.38. The van der Waals surface area contributed by atoms with Gasteiger partial charge in [0.15, 0.2) is 0 Å². The van der Waals surface area contributed by atoms with Gasteiger partial charge < -0.3 is 5.32 Å². The predicted octanol–water partition coefficient (Wildman–Crippen LogP) is 2.67. The van der Waals surface area contributed by atoms with Crippen LogP contribution in [0, 0.1) is 6.92 Å². The number of alkyl halides is 1. The highest BCUT2D eigenvalue weighted by Crippen LogP contribution is 2.09. The van der Waals surface area contributed by atoms with Crippen molar-refractivity contribution in [2.24, 2.45) is 0 Å². The molecule has 2 nitrogen and oxygen atoms in total. The van der Waals surface area contributed by atoms with Gasteiger partial charge in [0.05, 0.1) is 0 Å². The molecule has 1 rings (SSSR count). The van der Waals surface area contributed by atoms with E-state index in [-0.39, 0.29) is 11.9 Å². The summed E-state index contributed by atoms with van der Waals surface area (Å²) in [5.74, 6) is -0.109. The molecule has 0 heterocycles. The maximum atomic E-state index is 11.4. The van der Waals surface area contributed by atoms with Gasteiger partial charge in [-0.15, -0.1) is 11.6 Å². The number of nitrogens with one attached hydrogen (secondary N) is 1. The molecule has 1 amide bonds. The number of rotatable bonds is 4. The zero-order chi connectivity index (χ0) is 12.1. The molecule has 0 fully saturated rings. The van der Waals surface area contributed by atoms with Crippen molar-refractivity contribution in [2.45, 2.75) is 38.6 Å². The SMILES string of the molecule is Cc1ccccc1CC(C)NC(=O)C(C)Cl. The van der Waals surface area contributed by atoms with Gasteiger partial charge in [-0.25, -0.2) is 0 Å². The lowest BCUT2D eigenvalue weighted by atomic mass is 10.0. The third kappa shape index (κ3) is 3.86. The van der Waals surface area contributed by atoms with Crippen molar-refractivity contribution in [2.75, 3.05) is 0 Å². The molecule has 88 valence electrons. The van der Waals surface area contributed by atoms with E-state index in [2.05, 4.69) is 24.4 Å². The van der Waals surface area contributed by atoms with E-state index >= 15 is 0 Å². The number of amides is 1. The van der Waals surface area contributed by atoms with Crippen molar-refractivity contribution in [1.29, 1.82) is 0 Å². The van der Waals surface area contributed by atoms with Gasteiger partial charge in [0, 0.05) is 6.04 Å². The minimum atomic E-state index is -0.473. The molecule has 1 aromatic carbocycles. The van der Waals surface area contributed by atoms with E-state index in [1.54, 1.807) is 6.92 Å². The van der Waals surface area contributed by atoms with E-state index in [1.807, 2.05) is 19.1 Å². The van der Waals surface area contributed by atoms with Gasteiger partial charge in [-0.3, -0.25) is 4.79 Å². The Kier molecular flexibility index (Phi) is 4.81. The van der Waals surface area contributed by atoms with Gasteiger partial charge in [-0.1, -0.05) is 24.3 Å². The van der Waals surface area contributed by atoms with Gasteiger partial charge in [-0.05, 0) is 38.3 Å². The summed E-state index contributed by atoms with van der Waals surface area (Å²) < 4.78 is 0. The molecule has 0 aliphatic carbocycles. The Morgan fingerprint density at radius 2 is 2.00 bits per heavy atom. The molecule has 2 unspecified atom stereocenters. The molecule has 0 saturated heterocycles. The van der Waals surface area contributed by atoms with Crippen LogP contribution in [0.25, 0.3) is 0 Å². The maximum Gasteiger partial charge on any atom is 0.237 e. The quantitative estimate of drug-likeness (QED) is 0.805. The Morgan fingerprint density at radius 1 is 1.38 bits per heavy atom. The van der Waals surface area contributed by atoms with Crippen LogP contribution in [-0.2, 0) is 11.2 Å².